The van der Waals surface area contributed by atoms with E-state index in [1.165, 1.54) is 12.1 Å². The molecule has 20 heavy (non-hydrogen) atoms. The van der Waals surface area contributed by atoms with Gasteiger partial charge in [0.25, 0.3) is 0 Å². The topological polar surface area (TPSA) is 78.4 Å². The molecule has 108 valence electrons. The summed E-state index contributed by atoms with van der Waals surface area (Å²) < 4.78 is 13.4. The molecule has 2 amide bonds. The number of nitrogens with one attached hydrogen (secondary N) is 2. The molecule has 0 saturated heterocycles. The monoisotopic (exact) mass is 300 g/mol. The van der Waals surface area contributed by atoms with Gasteiger partial charge in [0.1, 0.15) is 5.82 Å². The molecule has 0 spiro atoms. The van der Waals surface area contributed by atoms with Gasteiger partial charge in [-0.25, -0.2) is 4.39 Å². The van der Waals surface area contributed by atoms with Gasteiger partial charge in [0, 0.05) is 11.6 Å². The smallest absolute Gasteiger partial charge is 0.313 e. The molecule has 0 aromatic heterocycles. The number of carbonyl (C=O) groups is 2. The summed E-state index contributed by atoms with van der Waals surface area (Å²) in [5.41, 5.74) is -1.04. The second-order valence-corrected chi connectivity index (χ2v) is 5.28. The minimum Gasteiger partial charge on any atom is -0.388 e. The second-order valence-electron chi connectivity index (χ2n) is 4.84. The number of benzene rings is 1. The Labute approximate surface area is 120 Å². The molecule has 0 bridgehead atoms. The Morgan fingerprint density at radius 2 is 2.05 bits per heavy atom. The maximum atomic E-state index is 13.4. The summed E-state index contributed by atoms with van der Waals surface area (Å²) in [5, 5.41) is 14.4. The number of rotatable bonds is 3. The fourth-order valence-corrected chi connectivity index (χ4v) is 2.02. The first kappa shape index (κ1) is 14.7. The summed E-state index contributed by atoms with van der Waals surface area (Å²) in [5.74, 6) is -2.63. The molecule has 5 nitrogen and oxygen atoms in total. The molecule has 0 radical (unpaired) electrons. The SMILES string of the molecule is O=C(NCC1(O)CCC1)C(=O)Nc1ccc(Cl)cc1F. The van der Waals surface area contributed by atoms with Crippen LogP contribution >= 0.6 is 11.6 Å². The number of hydrogen-bond acceptors (Lipinski definition) is 3. The fourth-order valence-electron chi connectivity index (χ4n) is 1.86. The standard InChI is InChI=1S/C13H14ClFN2O3/c14-8-2-3-10(9(15)6-8)17-12(19)11(18)16-7-13(20)4-1-5-13/h2-3,6,20H,1,4-5,7H2,(H,16,18)(H,17,19). The Bertz CT molecular complexity index is 546. The summed E-state index contributed by atoms with van der Waals surface area (Å²) in [4.78, 5) is 23.1. The molecule has 1 aliphatic rings. The van der Waals surface area contributed by atoms with E-state index in [4.69, 9.17) is 11.6 Å². The third kappa shape index (κ3) is 3.46. The maximum Gasteiger partial charge on any atom is 0.313 e. The van der Waals surface area contributed by atoms with Crippen molar-refractivity contribution in [2.75, 3.05) is 11.9 Å². The van der Waals surface area contributed by atoms with Crippen LogP contribution in [0.2, 0.25) is 5.02 Å². The van der Waals surface area contributed by atoms with Crippen molar-refractivity contribution in [2.45, 2.75) is 24.9 Å². The minimum absolute atomic E-state index is 0.0162. The van der Waals surface area contributed by atoms with Crippen LogP contribution in [-0.2, 0) is 9.59 Å². The van der Waals surface area contributed by atoms with Crippen molar-refractivity contribution in [3.8, 4) is 0 Å². The van der Waals surface area contributed by atoms with Gasteiger partial charge < -0.3 is 15.7 Å². The zero-order valence-electron chi connectivity index (χ0n) is 10.6. The van der Waals surface area contributed by atoms with Gasteiger partial charge in [-0.15, -0.1) is 0 Å². The molecule has 1 aromatic carbocycles. The van der Waals surface area contributed by atoms with E-state index in [0.717, 1.165) is 12.5 Å². The van der Waals surface area contributed by atoms with Gasteiger partial charge in [0.2, 0.25) is 0 Å². The molecule has 0 aliphatic heterocycles. The van der Waals surface area contributed by atoms with Gasteiger partial charge in [-0.3, -0.25) is 9.59 Å². The van der Waals surface area contributed by atoms with E-state index in [1.807, 2.05) is 0 Å². The zero-order valence-corrected chi connectivity index (χ0v) is 11.3. The van der Waals surface area contributed by atoms with E-state index in [-0.39, 0.29) is 17.3 Å². The molecule has 0 unspecified atom stereocenters. The summed E-state index contributed by atoms with van der Waals surface area (Å²) >= 11 is 5.58. The third-order valence-corrected chi connectivity index (χ3v) is 3.48. The van der Waals surface area contributed by atoms with Gasteiger partial charge in [-0.1, -0.05) is 11.6 Å². The van der Waals surface area contributed by atoms with Gasteiger partial charge in [0.15, 0.2) is 0 Å². The molecule has 1 fully saturated rings. The highest BCUT2D eigenvalue weighted by atomic mass is 35.5. The van der Waals surface area contributed by atoms with Gasteiger partial charge in [0.05, 0.1) is 11.3 Å². The Morgan fingerprint density at radius 3 is 2.60 bits per heavy atom. The number of aliphatic hydroxyl groups is 1. The molecule has 1 saturated carbocycles. The molecule has 0 atom stereocenters. The van der Waals surface area contributed by atoms with E-state index in [0.29, 0.717) is 12.8 Å². The van der Waals surface area contributed by atoms with Crippen molar-refractivity contribution in [3.63, 3.8) is 0 Å². The van der Waals surface area contributed by atoms with E-state index in [9.17, 15) is 19.1 Å². The summed E-state index contributed by atoms with van der Waals surface area (Å²) in [6, 6.07) is 3.70. The van der Waals surface area contributed by atoms with Crippen LogP contribution in [0.4, 0.5) is 10.1 Å². The number of amides is 2. The first-order valence-corrected chi connectivity index (χ1v) is 6.54. The van der Waals surface area contributed by atoms with E-state index < -0.39 is 23.2 Å². The lowest BCUT2D eigenvalue weighted by Gasteiger charge is -2.36. The maximum absolute atomic E-state index is 13.4. The molecular formula is C13H14ClFN2O3. The molecule has 1 aliphatic carbocycles. The first-order chi connectivity index (χ1) is 9.39. The lowest BCUT2D eigenvalue weighted by molar-refractivity contribution is -0.137. The fraction of sp³-hybridized carbons (Fsp3) is 0.385. The summed E-state index contributed by atoms with van der Waals surface area (Å²) in [6.45, 7) is 0.0162. The van der Waals surface area contributed by atoms with Crippen molar-refractivity contribution in [3.05, 3.63) is 29.0 Å². The van der Waals surface area contributed by atoms with Crippen molar-refractivity contribution in [1.82, 2.24) is 5.32 Å². The highest BCUT2D eigenvalue weighted by Crippen LogP contribution is 2.30. The Morgan fingerprint density at radius 1 is 1.35 bits per heavy atom. The molecule has 2 rings (SSSR count). The van der Waals surface area contributed by atoms with Crippen LogP contribution in [0.1, 0.15) is 19.3 Å². The van der Waals surface area contributed by atoms with Crippen LogP contribution in [0.25, 0.3) is 0 Å². The van der Waals surface area contributed by atoms with E-state index in [2.05, 4.69) is 10.6 Å². The number of halogens is 2. The summed E-state index contributed by atoms with van der Waals surface area (Å²) in [6.07, 6.45) is 2.09. The van der Waals surface area contributed by atoms with Crippen LogP contribution in [0.5, 0.6) is 0 Å². The lowest BCUT2D eigenvalue weighted by Crippen LogP contribution is -2.49. The number of anilines is 1. The Kier molecular flexibility index (Phi) is 4.25. The predicted octanol–water partition coefficient (Wildman–Crippen LogP) is 1.45. The second kappa shape index (κ2) is 5.76. The Hall–Kier alpha value is -1.66. The lowest BCUT2D eigenvalue weighted by atomic mass is 9.80. The molecular weight excluding hydrogens is 287 g/mol. The van der Waals surface area contributed by atoms with Crippen LogP contribution in [0, 0.1) is 5.82 Å². The van der Waals surface area contributed by atoms with Crippen LogP contribution in [0.3, 0.4) is 0 Å². The highest BCUT2D eigenvalue weighted by Gasteiger charge is 2.35. The van der Waals surface area contributed by atoms with Gasteiger partial charge in [-0.05, 0) is 37.5 Å². The van der Waals surface area contributed by atoms with Gasteiger partial charge >= 0.3 is 11.8 Å². The van der Waals surface area contributed by atoms with Crippen molar-refractivity contribution in [1.29, 1.82) is 0 Å². The van der Waals surface area contributed by atoms with Crippen LogP contribution < -0.4 is 10.6 Å². The van der Waals surface area contributed by atoms with Gasteiger partial charge in [-0.2, -0.15) is 0 Å². The van der Waals surface area contributed by atoms with Crippen LogP contribution in [0.15, 0.2) is 18.2 Å². The molecule has 3 N–H and O–H groups in total. The average molecular weight is 301 g/mol. The number of carbonyl (C=O) groups excluding carboxylic acids is 2. The normalized spacial score (nSPS) is 16.1. The molecule has 1 aromatic rings. The van der Waals surface area contributed by atoms with Crippen molar-refractivity contribution in [2.24, 2.45) is 0 Å². The number of hydrogen-bond donors (Lipinski definition) is 3. The highest BCUT2D eigenvalue weighted by molar-refractivity contribution is 6.39. The predicted molar refractivity (Wildman–Crippen MR) is 71.9 cm³/mol. The van der Waals surface area contributed by atoms with Crippen LogP contribution in [-0.4, -0.2) is 29.1 Å². The summed E-state index contributed by atoms with van der Waals surface area (Å²) in [7, 11) is 0. The van der Waals surface area contributed by atoms with Crippen molar-refractivity contribution < 1.29 is 19.1 Å². The third-order valence-electron chi connectivity index (χ3n) is 3.25. The largest absolute Gasteiger partial charge is 0.388 e. The first-order valence-electron chi connectivity index (χ1n) is 6.16. The average Bonchev–Trinajstić information content (AvgIpc) is 2.36. The molecule has 0 heterocycles. The van der Waals surface area contributed by atoms with E-state index >= 15 is 0 Å². The van der Waals surface area contributed by atoms with Crippen molar-refractivity contribution >= 4 is 29.1 Å². The zero-order chi connectivity index (χ0) is 14.8. The van der Waals surface area contributed by atoms with E-state index in [1.54, 1.807) is 0 Å². The quantitative estimate of drug-likeness (QED) is 0.739. The minimum atomic E-state index is -0.992. The molecule has 7 heteroatoms. The Balaban J connectivity index is 1.88.